The number of aromatic carboxylic acids is 1. The number of alkyl halides is 5. The van der Waals surface area contributed by atoms with Crippen molar-refractivity contribution in [2.45, 2.75) is 37.8 Å². The lowest BCUT2D eigenvalue weighted by Gasteiger charge is -2.21. The molecular formula is C23H18F5NO3S. The minimum Gasteiger partial charge on any atom is -0.478 e. The number of carboxylic acids is 1. The lowest BCUT2D eigenvalue weighted by Crippen LogP contribution is -2.23. The van der Waals surface area contributed by atoms with Gasteiger partial charge in [-0.1, -0.05) is 50.2 Å². The molecule has 0 atom stereocenters. The van der Waals surface area contributed by atoms with Crippen LogP contribution in [0.15, 0.2) is 47.4 Å². The molecule has 3 aromatic rings. The Hall–Kier alpha value is -3.01. The summed E-state index contributed by atoms with van der Waals surface area (Å²) in [5.41, 5.74) is -5.97. The molecule has 0 amide bonds. The number of hydrogen-bond donors (Lipinski definition) is 1. The molecule has 0 radical (unpaired) electrons. The van der Waals surface area contributed by atoms with Gasteiger partial charge < -0.3 is 5.11 Å². The molecule has 0 bridgehead atoms. The molecule has 1 aromatic heterocycles. The maximum absolute atomic E-state index is 13.9. The number of rotatable bonds is 6. The summed E-state index contributed by atoms with van der Waals surface area (Å²) in [4.78, 5) is 28.4. The summed E-state index contributed by atoms with van der Waals surface area (Å²) >= 11 is 0.473. The Morgan fingerprint density at radius 1 is 1.03 bits per heavy atom. The summed E-state index contributed by atoms with van der Waals surface area (Å²) in [7, 11) is 0. The molecule has 1 N–H and O–H groups in total. The van der Waals surface area contributed by atoms with E-state index >= 15 is 0 Å². The first-order valence-corrected chi connectivity index (χ1v) is 10.6. The van der Waals surface area contributed by atoms with Crippen molar-refractivity contribution in [3.8, 4) is 0 Å². The fourth-order valence-corrected chi connectivity index (χ4v) is 4.49. The minimum atomic E-state index is -5.25. The minimum absolute atomic E-state index is 0.329. The van der Waals surface area contributed by atoms with Crippen LogP contribution in [-0.4, -0.2) is 21.2 Å². The average Bonchev–Trinajstić information content (AvgIpc) is 2.71. The van der Waals surface area contributed by atoms with Crippen molar-refractivity contribution < 1.29 is 36.6 Å². The van der Waals surface area contributed by atoms with E-state index in [1.807, 2.05) is 0 Å². The van der Waals surface area contributed by atoms with E-state index in [-0.39, 0.29) is 6.42 Å². The molecule has 0 aliphatic carbocycles. The lowest BCUT2D eigenvalue weighted by molar-refractivity contribution is -0.141. The van der Waals surface area contributed by atoms with E-state index < -0.39 is 57.7 Å². The molecule has 0 unspecified atom stereocenters. The fourth-order valence-electron chi connectivity index (χ4n) is 3.52. The highest BCUT2D eigenvalue weighted by atomic mass is 32.2. The van der Waals surface area contributed by atoms with E-state index in [2.05, 4.69) is 4.98 Å². The van der Waals surface area contributed by atoms with Gasteiger partial charge in [0.15, 0.2) is 5.69 Å². The molecular weight excluding hydrogens is 465 g/mol. The van der Waals surface area contributed by atoms with Gasteiger partial charge in [-0.25, -0.2) is 18.6 Å². The molecule has 2 aromatic carbocycles. The number of carbonyl (C=O) groups is 2. The Balaban J connectivity index is 2.30. The maximum Gasteiger partial charge on any atom is 0.434 e. The first kappa shape index (κ1) is 24.6. The zero-order valence-corrected chi connectivity index (χ0v) is 18.2. The van der Waals surface area contributed by atoms with E-state index in [1.54, 1.807) is 56.3 Å². The van der Waals surface area contributed by atoms with Gasteiger partial charge in [0.1, 0.15) is 5.69 Å². The van der Waals surface area contributed by atoms with Crippen LogP contribution in [0.4, 0.5) is 22.0 Å². The van der Waals surface area contributed by atoms with Gasteiger partial charge in [-0.2, -0.15) is 13.2 Å². The molecule has 0 saturated carbocycles. The smallest absolute Gasteiger partial charge is 0.434 e. The predicted molar refractivity (Wildman–Crippen MR) is 114 cm³/mol. The van der Waals surface area contributed by atoms with Crippen molar-refractivity contribution in [2.24, 2.45) is 5.92 Å². The summed E-state index contributed by atoms with van der Waals surface area (Å²) in [6.45, 7) is 3.15. The van der Waals surface area contributed by atoms with Crippen molar-refractivity contribution in [1.82, 2.24) is 4.98 Å². The summed E-state index contributed by atoms with van der Waals surface area (Å²) in [5, 5.41) is 9.79. The zero-order chi connectivity index (χ0) is 24.5. The van der Waals surface area contributed by atoms with Crippen LogP contribution in [0.25, 0.3) is 10.8 Å². The second-order valence-corrected chi connectivity index (χ2v) is 8.66. The number of carbonyl (C=O) groups excluding carboxylic acids is 1. The number of pyridine rings is 1. The molecule has 10 heteroatoms. The Morgan fingerprint density at radius 2 is 1.67 bits per heavy atom. The van der Waals surface area contributed by atoms with E-state index in [1.165, 1.54) is 0 Å². The van der Waals surface area contributed by atoms with Gasteiger partial charge in [-0.3, -0.25) is 4.79 Å². The predicted octanol–water partition coefficient (Wildman–Crippen LogP) is 7.02. The molecule has 1 heterocycles. The monoisotopic (exact) mass is 483 g/mol. The highest BCUT2D eigenvalue weighted by Crippen LogP contribution is 2.40. The van der Waals surface area contributed by atoms with Crippen molar-refractivity contribution in [3.63, 3.8) is 0 Å². The Kier molecular flexibility index (Phi) is 7.06. The molecule has 0 saturated heterocycles. The summed E-state index contributed by atoms with van der Waals surface area (Å²) in [6.07, 6.45) is -9.15. The van der Waals surface area contributed by atoms with Crippen LogP contribution in [-0.2, 0) is 12.6 Å². The van der Waals surface area contributed by atoms with Crippen molar-refractivity contribution >= 4 is 33.6 Å². The number of carboxylic acid groups (broad SMARTS) is 1. The standard InChI is InChI=1S/C23H18F5NO3S/c1-11(2)10-14-16(21(30)31)18(20(24)25)29-19(23(26,27)28)17(14)22(32)33-15-9-5-7-12-6-3-4-8-13(12)15/h3-9,11,20H,10H2,1-2H3,(H,30,31). The zero-order valence-electron chi connectivity index (χ0n) is 17.4. The van der Waals surface area contributed by atoms with Gasteiger partial charge in [-0.05, 0) is 46.5 Å². The second-order valence-electron chi connectivity index (χ2n) is 7.64. The van der Waals surface area contributed by atoms with Crippen LogP contribution in [0.2, 0.25) is 0 Å². The number of aromatic nitrogens is 1. The summed E-state index contributed by atoms with van der Waals surface area (Å²) < 4.78 is 68.7. The lowest BCUT2D eigenvalue weighted by atomic mass is 9.91. The van der Waals surface area contributed by atoms with Gasteiger partial charge in [0.05, 0.1) is 11.1 Å². The number of nitrogens with zero attached hydrogens (tertiary/aromatic N) is 1. The summed E-state index contributed by atoms with van der Waals surface area (Å²) in [5.74, 6) is -2.29. The number of benzene rings is 2. The van der Waals surface area contributed by atoms with Crippen molar-refractivity contribution in [2.75, 3.05) is 0 Å². The van der Waals surface area contributed by atoms with Crippen molar-refractivity contribution in [3.05, 3.63) is 70.5 Å². The molecule has 4 nitrogen and oxygen atoms in total. The first-order chi connectivity index (χ1) is 15.4. The number of thioether (sulfide) groups is 1. The third-order valence-electron chi connectivity index (χ3n) is 4.79. The van der Waals surface area contributed by atoms with Crippen LogP contribution in [0.1, 0.15) is 57.9 Å². The first-order valence-electron chi connectivity index (χ1n) is 9.77. The SMILES string of the molecule is CC(C)Cc1c(C(=O)O)c(C(F)F)nc(C(F)(F)F)c1C(=O)Sc1cccc2ccccc12. The highest BCUT2D eigenvalue weighted by Gasteiger charge is 2.42. The molecule has 0 spiro atoms. The Labute approximate surface area is 189 Å². The van der Waals surface area contributed by atoms with Gasteiger partial charge in [0.25, 0.3) is 6.43 Å². The quantitative estimate of drug-likeness (QED) is 0.301. The number of hydrogen-bond acceptors (Lipinski definition) is 4. The van der Waals surface area contributed by atoms with Crippen LogP contribution in [0.3, 0.4) is 0 Å². The van der Waals surface area contributed by atoms with E-state index in [4.69, 9.17) is 0 Å². The van der Waals surface area contributed by atoms with Gasteiger partial charge in [0, 0.05) is 4.90 Å². The molecule has 0 fully saturated rings. The third-order valence-corrected chi connectivity index (χ3v) is 5.75. The molecule has 0 aliphatic heterocycles. The fraction of sp³-hybridized carbons (Fsp3) is 0.261. The van der Waals surface area contributed by atoms with Crippen LogP contribution < -0.4 is 0 Å². The van der Waals surface area contributed by atoms with Gasteiger partial charge in [-0.15, -0.1) is 0 Å². The van der Waals surface area contributed by atoms with Crippen LogP contribution in [0.5, 0.6) is 0 Å². The molecule has 174 valence electrons. The Bertz CT molecular complexity index is 1220. The highest BCUT2D eigenvalue weighted by molar-refractivity contribution is 8.14. The largest absolute Gasteiger partial charge is 0.478 e. The van der Waals surface area contributed by atoms with Crippen LogP contribution >= 0.6 is 11.8 Å². The number of fused-ring (bicyclic) bond motifs is 1. The van der Waals surface area contributed by atoms with Crippen molar-refractivity contribution in [1.29, 1.82) is 0 Å². The molecule has 33 heavy (non-hydrogen) atoms. The van der Waals surface area contributed by atoms with E-state index in [0.29, 0.717) is 22.0 Å². The maximum atomic E-state index is 13.9. The molecule has 0 aliphatic rings. The van der Waals surface area contributed by atoms with Gasteiger partial charge in [0.2, 0.25) is 5.12 Å². The molecule has 3 rings (SSSR count). The van der Waals surface area contributed by atoms with E-state index in [9.17, 15) is 36.6 Å². The van der Waals surface area contributed by atoms with Gasteiger partial charge >= 0.3 is 12.1 Å². The normalized spacial score (nSPS) is 12.0. The second kappa shape index (κ2) is 9.46. The van der Waals surface area contributed by atoms with E-state index in [0.717, 1.165) is 5.39 Å². The summed E-state index contributed by atoms with van der Waals surface area (Å²) in [6, 6.07) is 11.8. The topological polar surface area (TPSA) is 67.3 Å². The Morgan fingerprint density at radius 3 is 2.24 bits per heavy atom. The van der Waals surface area contributed by atoms with Crippen LogP contribution in [0, 0.1) is 5.92 Å². The third kappa shape index (κ3) is 5.16. The number of halogens is 5. The average molecular weight is 483 g/mol.